The molecule has 2 aromatic carbocycles. The molecule has 0 radical (unpaired) electrons. The Morgan fingerprint density at radius 1 is 0.920 bits per heavy atom. The molecule has 0 fully saturated rings. The summed E-state index contributed by atoms with van der Waals surface area (Å²) in [5, 5.41) is 18.8. The SMILES string of the molecule is CC(CO)C(=O)c1ccc(Cc2ccc(C(=O)C(C)(C)O)cc2)cc1. The van der Waals surface area contributed by atoms with Gasteiger partial charge in [0.2, 0.25) is 0 Å². The van der Waals surface area contributed by atoms with Crippen LogP contribution in [0.2, 0.25) is 0 Å². The van der Waals surface area contributed by atoms with Crippen molar-refractivity contribution >= 4 is 11.6 Å². The normalized spacial score (nSPS) is 12.7. The second kappa shape index (κ2) is 7.72. The van der Waals surface area contributed by atoms with Crippen molar-refractivity contribution in [3.05, 3.63) is 70.8 Å². The molecule has 2 N–H and O–H groups in total. The molecule has 0 aliphatic carbocycles. The minimum absolute atomic E-state index is 0.0662. The molecule has 0 amide bonds. The third-order valence-electron chi connectivity index (χ3n) is 4.14. The molecule has 4 nitrogen and oxygen atoms in total. The second-order valence-corrected chi connectivity index (χ2v) is 6.91. The molecule has 0 heterocycles. The summed E-state index contributed by atoms with van der Waals surface area (Å²) in [6.07, 6.45) is 0.682. The molecule has 132 valence electrons. The molecular formula is C21H24O4. The third kappa shape index (κ3) is 4.84. The van der Waals surface area contributed by atoms with Crippen LogP contribution < -0.4 is 0 Å². The van der Waals surface area contributed by atoms with Gasteiger partial charge in [-0.05, 0) is 31.4 Å². The first kappa shape index (κ1) is 19.0. The zero-order chi connectivity index (χ0) is 18.6. The number of hydrogen-bond acceptors (Lipinski definition) is 4. The monoisotopic (exact) mass is 340 g/mol. The van der Waals surface area contributed by atoms with Gasteiger partial charge in [-0.15, -0.1) is 0 Å². The fourth-order valence-corrected chi connectivity index (χ4v) is 2.52. The highest BCUT2D eigenvalue weighted by Gasteiger charge is 2.24. The molecule has 4 heteroatoms. The summed E-state index contributed by atoms with van der Waals surface area (Å²) in [5.41, 5.74) is 1.78. The van der Waals surface area contributed by atoms with Crippen molar-refractivity contribution in [1.29, 1.82) is 0 Å². The van der Waals surface area contributed by atoms with Crippen LogP contribution in [0.25, 0.3) is 0 Å². The van der Waals surface area contributed by atoms with Crippen molar-refractivity contribution in [3.8, 4) is 0 Å². The van der Waals surface area contributed by atoms with Gasteiger partial charge in [-0.1, -0.05) is 55.5 Å². The van der Waals surface area contributed by atoms with Crippen molar-refractivity contribution in [2.75, 3.05) is 6.61 Å². The Bertz CT molecular complexity index is 737. The summed E-state index contributed by atoms with van der Waals surface area (Å²) in [7, 11) is 0. The van der Waals surface area contributed by atoms with Gasteiger partial charge in [-0.3, -0.25) is 9.59 Å². The third-order valence-corrected chi connectivity index (χ3v) is 4.14. The highest BCUT2D eigenvalue weighted by atomic mass is 16.3. The van der Waals surface area contributed by atoms with E-state index in [0.717, 1.165) is 11.1 Å². The van der Waals surface area contributed by atoms with E-state index in [9.17, 15) is 14.7 Å². The van der Waals surface area contributed by atoms with Crippen LogP contribution >= 0.6 is 0 Å². The number of ketones is 2. The summed E-state index contributed by atoms with van der Waals surface area (Å²) >= 11 is 0. The van der Waals surface area contributed by atoms with Crippen LogP contribution in [0.5, 0.6) is 0 Å². The maximum Gasteiger partial charge on any atom is 0.193 e. The summed E-state index contributed by atoms with van der Waals surface area (Å²) in [4.78, 5) is 24.0. The maximum absolute atomic E-state index is 12.0. The van der Waals surface area contributed by atoms with Gasteiger partial charge >= 0.3 is 0 Å². The van der Waals surface area contributed by atoms with E-state index in [1.54, 1.807) is 31.2 Å². The van der Waals surface area contributed by atoms with E-state index in [1.165, 1.54) is 13.8 Å². The summed E-state index contributed by atoms with van der Waals surface area (Å²) in [6.45, 7) is 4.50. The number of carbonyl (C=O) groups is 2. The smallest absolute Gasteiger partial charge is 0.193 e. The van der Waals surface area contributed by atoms with Gasteiger partial charge in [0.15, 0.2) is 11.6 Å². The van der Waals surface area contributed by atoms with Gasteiger partial charge in [-0.2, -0.15) is 0 Å². The number of rotatable bonds is 7. The average molecular weight is 340 g/mol. The Kier molecular flexibility index (Phi) is 5.88. The van der Waals surface area contributed by atoms with Crippen LogP contribution in [0, 0.1) is 5.92 Å². The minimum atomic E-state index is -1.38. The highest BCUT2D eigenvalue weighted by molar-refractivity contribution is 6.01. The second-order valence-electron chi connectivity index (χ2n) is 6.91. The number of benzene rings is 2. The van der Waals surface area contributed by atoms with Gasteiger partial charge < -0.3 is 10.2 Å². The zero-order valence-electron chi connectivity index (χ0n) is 14.8. The first-order chi connectivity index (χ1) is 11.7. The molecule has 0 bridgehead atoms. The fourth-order valence-electron chi connectivity index (χ4n) is 2.52. The lowest BCUT2D eigenvalue weighted by molar-refractivity contribution is 0.0488. The quantitative estimate of drug-likeness (QED) is 0.760. The fraction of sp³-hybridized carbons (Fsp3) is 0.333. The van der Waals surface area contributed by atoms with E-state index < -0.39 is 11.5 Å². The van der Waals surface area contributed by atoms with Crippen LogP contribution in [0.4, 0.5) is 0 Å². The van der Waals surface area contributed by atoms with Gasteiger partial charge in [-0.25, -0.2) is 0 Å². The molecule has 2 rings (SSSR count). The van der Waals surface area contributed by atoms with E-state index in [0.29, 0.717) is 17.5 Å². The molecule has 0 aliphatic rings. The molecule has 25 heavy (non-hydrogen) atoms. The Labute approximate surface area is 148 Å². The van der Waals surface area contributed by atoms with Crippen LogP contribution in [0.15, 0.2) is 48.5 Å². The van der Waals surface area contributed by atoms with Gasteiger partial charge in [0, 0.05) is 17.0 Å². The molecule has 1 atom stereocenters. The van der Waals surface area contributed by atoms with Crippen LogP contribution in [-0.4, -0.2) is 34.0 Å². The van der Waals surface area contributed by atoms with Gasteiger partial charge in [0.1, 0.15) is 5.60 Å². The Balaban J connectivity index is 2.08. The molecule has 1 unspecified atom stereocenters. The number of aliphatic hydroxyl groups is 2. The van der Waals surface area contributed by atoms with E-state index >= 15 is 0 Å². The lowest BCUT2D eigenvalue weighted by Gasteiger charge is -2.15. The van der Waals surface area contributed by atoms with E-state index in [-0.39, 0.29) is 18.2 Å². The molecule has 0 aromatic heterocycles. The topological polar surface area (TPSA) is 74.6 Å². The van der Waals surface area contributed by atoms with Crippen molar-refractivity contribution < 1.29 is 19.8 Å². The van der Waals surface area contributed by atoms with Crippen molar-refractivity contribution in [2.45, 2.75) is 32.8 Å². The average Bonchev–Trinajstić information content (AvgIpc) is 2.60. The van der Waals surface area contributed by atoms with Gasteiger partial charge in [0.25, 0.3) is 0 Å². The lowest BCUT2D eigenvalue weighted by Crippen LogP contribution is -2.31. The molecule has 0 spiro atoms. The van der Waals surface area contributed by atoms with Crippen LogP contribution in [0.1, 0.15) is 52.6 Å². The number of aliphatic hydroxyl groups excluding tert-OH is 1. The van der Waals surface area contributed by atoms with E-state index in [1.807, 2.05) is 24.3 Å². The number of Topliss-reactive ketones (excluding diaryl/α,β-unsaturated/α-hetero) is 2. The summed E-state index contributed by atoms with van der Waals surface area (Å²) < 4.78 is 0. The highest BCUT2D eigenvalue weighted by Crippen LogP contribution is 2.17. The molecule has 0 aliphatic heterocycles. The number of carbonyl (C=O) groups excluding carboxylic acids is 2. The van der Waals surface area contributed by atoms with Crippen molar-refractivity contribution in [2.24, 2.45) is 5.92 Å². The minimum Gasteiger partial charge on any atom is -0.396 e. The molecule has 0 saturated heterocycles. The molecule has 0 saturated carbocycles. The lowest BCUT2D eigenvalue weighted by atomic mass is 9.94. The van der Waals surface area contributed by atoms with E-state index in [2.05, 4.69) is 0 Å². The van der Waals surface area contributed by atoms with Crippen molar-refractivity contribution in [1.82, 2.24) is 0 Å². The first-order valence-corrected chi connectivity index (χ1v) is 8.32. The predicted molar refractivity (Wildman–Crippen MR) is 96.9 cm³/mol. The Morgan fingerprint density at radius 2 is 1.36 bits per heavy atom. The molecular weight excluding hydrogens is 316 g/mol. The summed E-state index contributed by atoms with van der Waals surface area (Å²) in [6, 6.07) is 14.5. The Morgan fingerprint density at radius 3 is 1.76 bits per heavy atom. The first-order valence-electron chi connectivity index (χ1n) is 8.32. The van der Waals surface area contributed by atoms with E-state index in [4.69, 9.17) is 5.11 Å². The van der Waals surface area contributed by atoms with Crippen molar-refractivity contribution in [3.63, 3.8) is 0 Å². The largest absolute Gasteiger partial charge is 0.396 e. The van der Waals surface area contributed by atoms with Crippen LogP contribution in [-0.2, 0) is 6.42 Å². The van der Waals surface area contributed by atoms with Crippen LogP contribution in [0.3, 0.4) is 0 Å². The standard InChI is InChI=1S/C21H24O4/c1-14(13-22)19(23)17-8-4-15(5-9-17)12-16-6-10-18(11-7-16)20(24)21(2,3)25/h4-11,14,22,25H,12-13H2,1-3H3. The van der Waals surface area contributed by atoms with Gasteiger partial charge in [0.05, 0.1) is 6.61 Å². The summed E-state index contributed by atoms with van der Waals surface area (Å²) in [5.74, 6) is -0.768. The number of hydrogen-bond donors (Lipinski definition) is 2. The predicted octanol–water partition coefficient (Wildman–Crippen LogP) is 3.04. The maximum atomic E-state index is 12.0. The molecule has 2 aromatic rings. The zero-order valence-corrected chi connectivity index (χ0v) is 14.8. The Hall–Kier alpha value is -2.30.